The molecule has 1 aromatic rings. The van der Waals surface area contributed by atoms with Crippen molar-refractivity contribution >= 4 is 18.5 Å². The number of rotatable bonds is 4. The van der Waals surface area contributed by atoms with Gasteiger partial charge in [0.15, 0.2) is 0 Å². The zero-order valence-electron chi connectivity index (χ0n) is 9.23. The summed E-state index contributed by atoms with van der Waals surface area (Å²) >= 11 is 0. The number of benzene rings is 1. The smallest absolute Gasteiger partial charge is 0.492 e. The van der Waals surface area contributed by atoms with Crippen molar-refractivity contribution in [1.29, 1.82) is 0 Å². The lowest BCUT2D eigenvalue weighted by Crippen LogP contribution is -2.32. The summed E-state index contributed by atoms with van der Waals surface area (Å²) in [6.07, 6.45) is 0. The first kappa shape index (κ1) is 12.5. The number of carbonyl (C=O) groups excluding carboxylic acids is 1. The molecule has 86 valence electrons. The summed E-state index contributed by atoms with van der Waals surface area (Å²) in [6.45, 7) is 2.35. The highest BCUT2D eigenvalue weighted by Gasteiger charge is 2.18. The number of nitrogens with one attached hydrogen (secondary N) is 1. The monoisotopic (exact) mass is 223 g/mol. The van der Waals surface area contributed by atoms with Crippen LogP contribution in [-0.4, -0.2) is 36.7 Å². The lowest BCUT2D eigenvalue weighted by atomic mass is 9.79. The molecule has 0 aromatic heterocycles. The number of hydrogen-bond acceptors (Lipinski definition) is 4. The molecule has 0 aliphatic rings. The summed E-state index contributed by atoms with van der Waals surface area (Å²) in [5.41, 5.74) is 0.652. The summed E-state index contributed by atoms with van der Waals surface area (Å²) in [5, 5.41) is 20.7. The van der Waals surface area contributed by atoms with Crippen molar-refractivity contribution in [3.8, 4) is 5.75 Å². The Morgan fingerprint density at radius 1 is 1.50 bits per heavy atom. The van der Waals surface area contributed by atoms with Crippen molar-refractivity contribution in [3.05, 3.63) is 23.8 Å². The van der Waals surface area contributed by atoms with Crippen LogP contribution in [0.3, 0.4) is 0 Å². The summed E-state index contributed by atoms with van der Waals surface area (Å²) in [7, 11) is -0.207. The van der Waals surface area contributed by atoms with Gasteiger partial charge in [-0.25, -0.2) is 0 Å². The van der Waals surface area contributed by atoms with E-state index in [9.17, 15) is 4.79 Å². The third-order valence-electron chi connectivity index (χ3n) is 2.11. The van der Waals surface area contributed by atoms with Crippen LogP contribution in [-0.2, 0) is 0 Å². The van der Waals surface area contributed by atoms with E-state index in [0.29, 0.717) is 12.1 Å². The Kier molecular flexibility index (Phi) is 4.33. The molecule has 1 aromatic carbocycles. The van der Waals surface area contributed by atoms with E-state index < -0.39 is 7.12 Å². The first-order chi connectivity index (χ1) is 7.60. The standard InChI is InChI=1S/C10H14BNO4/c1-3-12-10(13)7-4-5-8(11(14)15)9(6-7)16-2/h4-6,14-15H,3H2,1-2H3,(H,12,13). The van der Waals surface area contributed by atoms with Gasteiger partial charge in [0.1, 0.15) is 5.75 Å². The molecular weight excluding hydrogens is 209 g/mol. The summed E-state index contributed by atoms with van der Waals surface area (Å²) in [4.78, 5) is 11.5. The van der Waals surface area contributed by atoms with Crippen LogP contribution in [0.25, 0.3) is 0 Å². The Bertz CT molecular complexity index is 381. The van der Waals surface area contributed by atoms with Gasteiger partial charge in [-0.1, -0.05) is 6.07 Å². The van der Waals surface area contributed by atoms with Gasteiger partial charge in [-0.05, 0) is 19.1 Å². The highest BCUT2D eigenvalue weighted by Crippen LogP contribution is 2.11. The van der Waals surface area contributed by atoms with Crippen molar-refractivity contribution in [3.63, 3.8) is 0 Å². The highest BCUT2D eigenvalue weighted by atomic mass is 16.5. The zero-order chi connectivity index (χ0) is 12.1. The molecule has 0 bridgehead atoms. The minimum Gasteiger partial charge on any atom is -0.497 e. The zero-order valence-corrected chi connectivity index (χ0v) is 9.23. The molecule has 0 radical (unpaired) electrons. The van der Waals surface area contributed by atoms with Crippen LogP contribution in [0.4, 0.5) is 0 Å². The minimum atomic E-state index is -1.61. The second-order valence-corrected chi connectivity index (χ2v) is 3.19. The second kappa shape index (κ2) is 5.53. The molecule has 5 nitrogen and oxygen atoms in total. The molecule has 1 rings (SSSR count). The highest BCUT2D eigenvalue weighted by molar-refractivity contribution is 6.59. The lowest BCUT2D eigenvalue weighted by Gasteiger charge is -2.09. The Labute approximate surface area is 94.2 Å². The van der Waals surface area contributed by atoms with Crippen molar-refractivity contribution in [2.24, 2.45) is 0 Å². The Balaban J connectivity index is 3.04. The maximum absolute atomic E-state index is 11.5. The van der Waals surface area contributed by atoms with Gasteiger partial charge in [0, 0.05) is 17.6 Å². The van der Waals surface area contributed by atoms with Crippen LogP contribution in [0.2, 0.25) is 0 Å². The molecule has 0 fully saturated rings. The third kappa shape index (κ3) is 2.74. The van der Waals surface area contributed by atoms with Gasteiger partial charge in [0.25, 0.3) is 5.91 Å². The fourth-order valence-corrected chi connectivity index (χ4v) is 1.33. The maximum atomic E-state index is 11.5. The fourth-order valence-electron chi connectivity index (χ4n) is 1.33. The van der Waals surface area contributed by atoms with Crippen molar-refractivity contribution in [2.75, 3.05) is 13.7 Å². The summed E-state index contributed by atoms with van der Waals surface area (Å²) < 4.78 is 4.98. The van der Waals surface area contributed by atoms with Crippen molar-refractivity contribution < 1.29 is 19.6 Å². The first-order valence-corrected chi connectivity index (χ1v) is 4.92. The van der Waals surface area contributed by atoms with E-state index in [4.69, 9.17) is 14.8 Å². The third-order valence-corrected chi connectivity index (χ3v) is 2.11. The van der Waals surface area contributed by atoms with Crippen LogP contribution in [0, 0.1) is 0 Å². The predicted molar refractivity (Wildman–Crippen MR) is 60.8 cm³/mol. The molecule has 0 heterocycles. The van der Waals surface area contributed by atoms with Gasteiger partial charge in [0.05, 0.1) is 7.11 Å². The molecule has 0 saturated carbocycles. The normalized spacial score (nSPS) is 9.75. The Morgan fingerprint density at radius 3 is 2.69 bits per heavy atom. The Hall–Kier alpha value is -1.53. The van der Waals surface area contributed by atoms with E-state index in [1.54, 1.807) is 0 Å². The average Bonchev–Trinajstić information content (AvgIpc) is 2.28. The van der Waals surface area contributed by atoms with Gasteiger partial charge < -0.3 is 20.1 Å². The van der Waals surface area contributed by atoms with Crippen LogP contribution in [0.15, 0.2) is 18.2 Å². The number of carbonyl (C=O) groups is 1. The molecule has 6 heteroatoms. The maximum Gasteiger partial charge on any atom is 0.492 e. The number of ether oxygens (including phenoxy) is 1. The molecule has 16 heavy (non-hydrogen) atoms. The minimum absolute atomic E-state index is 0.222. The van der Waals surface area contributed by atoms with E-state index >= 15 is 0 Å². The van der Waals surface area contributed by atoms with E-state index in [1.165, 1.54) is 25.3 Å². The van der Waals surface area contributed by atoms with Crippen molar-refractivity contribution in [2.45, 2.75) is 6.92 Å². The number of methoxy groups -OCH3 is 1. The molecule has 0 spiro atoms. The van der Waals surface area contributed by atoms with E-state index in [1.807, 2.05) is 6.92 Å². The van der Waals surface area contributed by atoms with Crippen LogP contribution >= 0.6 is 0 Å². The average molecular weight is 223 g/mol. The number of amides is 1. The van der Waals surface area contributed by atoms with Crippen LogP contribution in [0.5, 0.6) is 5.75 Å². The summed E-state index contributed by atoms with van der Waals surface area (Å²) in [6, 6.07) is 4.44. The van der Waals surface area contributed by atoms with Gasteiger partial charge in [0.2, 0.25) is 0 Å². The summed E-state index contributed by atoms with van der Waals surface area (Å²) in [5.74, 6) is 0.0542. The van der Waals surface area contributed by atoms with E-state index in [0.717, 1.165) is 0 Å². The van der Waals surface area contributed by atoms with Crippen LogP contribution in [0.1, 0.15) is 17.3 Å². The SMILES string of the molecule is CCNC(=O)c1ccc(B(O)O)c(OC)c1. The molecule has 0 atom stereocenters. The largest absolute Gasteiger partial charge is 0.497 e. The van der Waals surface area contributed by atoms with Gasteiger partial charge in [-0.15, -0.1) is 0 Å². The molecule has 0 aliphatic carbocycles. The second-order valence-electron chi connectivity index (χ2n) is 3.19. The lowest BCUT2D eigenvalue weighted by molar-refractivity contribution is 0.0955. The molecule has 0 aliphatic heterocycles. The van der Waals surface area contributed by atoms with Crippen molar-refractivity contribution in [1.82, 2.24) is 5.32 Å². The quantitative estimate of drug-likeness (QED) is 0.579. The molecular formula is C10H14BNO4. The molecule has 3 N–H and O–H groups in total. The van der Waals surface area contributed by atoms with Crippen LogP contribution < -0.4 is 15.5 Å². The van der Waals surface area contributed by atoms with E-state index in [-0.39, 0.29) is 17.1 Å². The first-order valence-electron chi connectivity index (χ1n) is 4.92. The topological polar surface area (TPSA) is 78.8 Å². The fraction of sp³-hybridized carbons (Fsp3) is 0.300. The number of hydrogen-bond donors (Lipinski definition) is 3. The van der Waals surface area contributed by atoms with Gasteiger partial charge in [-0.3, -0.25) is 4.79 Å². The predicted octanol–water partition coefficient (Wildman–Crippen LogP) is -0.875. The van der Waals surface area contributed by atoms with Gasteiger partial charge >= 0.3 is 7.12 Å². The molecule has 0 unspecified atom stereocenters. The molecule has 1 amide bonds. The van der Waals surface area contributed by atoms with Gasteiger partial charge in [-0.2, -0.15) is 0 Å². The van der Waals surface area contributed by atoms with E-state index in [2.05, 4.69) is 5.32 Å². The Morgan fingerprint density at radius 2 is 2.19 bits per heavy atom. The molecule has 0 saturated heterocycles.